The summed E-state index contributed by atoms with van der Waals surface area (Å²) in [6, 6.07) is 0.482. The van der Waals surface area contributed by atoms with Crippen molar-refractivity contribution < 1.29 is 9.53 Å². The highest BCUT2D eigenvalue weighted by atomic mass is 16.6. The lowest BCUT2D eigenvalue weighted by molar-refractivity contribution is -0.153. The number of nitrogens with one attached hydrogen (secondary N) is 1. The van der Waals surface area contributed by atoms with Crippen LogP contribution in [0.2, 0.25) is 0 Å². The lowest BCUT2D eigenvalue weighted by atomic mass is 9.75. The van der Waals surface area contributed by atoms with Gasteiger partial charge in [0.25, 0.3) is 0 Å². The van der Waals surface area contributed by atoms with Crippen LogP contribution in [0.25, 0.3) is 0 Å². The smallest absolute Gasteiger partial charge is 0.320 e. The molecule has 0 spiro atoms. The highest BCUT2D eigenvalue weighted by molar-refractivity contribution is 5.72. The molecule has 0 aromatic rings. The number of hydrogen-bond acceptors (Lipinski definition) is 3. The minimum absolute atomic E-state index is 0.151. The quantitative estimate of drug-likeness (QED) is 0.772. The first-order chi connectivity index (χ1) is 7.68. The second-order valence-electron chi connectivity index (χ2n) is 6.91. The van der Waals surface area contributed by atoms with Gasteiger partial charge in [0.05, 0.1) is 6.54 Å². The SMILES string of the molecule is CC1(C)CCC(NCC(=O)OC(C)(C)C)CC1. The first-order valence-electron chi connectivity index (χ1n) is 6.63. The summed E-state index contributed by atoms with van der Waals surface area (Å²) >= 11 is 0. The average Bonchev–Trinajstić information content (AvgIpc) is 2.13. The molecule has 0 atom stereocenters. The lowest BCUT2D eigenvalue weighted by Crippen LogP contribution is -2.40. The molecule has 0 aromatic heterocycles. The van der Waals surface area contributed by atoms with Crippen molar-refractivity contribution in [2.24, 2.45) is 5.41 Å². The van der Waals surface area contributed by atoms with Crippen LogP contribution >= 0.6 is 0 Å². The van der Waals surface area contributed by atoms with E-state index in [0.29, 0.717) is 18.0 Å². The Bertz CT molecular complexity index is 256. The van der Waals surface area contributed by atoms with Gasteiger partial charge in [-0.1, -0.05) is 13.8 Å². The van der Waals surface area contributed by atoms with Crippen molar-refractivity contribution in [2.45, 2.75) is 71.9 Å². The Morgan fingerprint density at radius 2 is 1.82 bits per heavy atom. The molecule has 1 N–H and O–H groups in total. The normalized spacial score (nSPS) is 21.2. The molecule has 1 aliphatic rings. The van der Waals surface area contributed by atoms with Crippen molar-refractivity contribution >= 4 is 5.97 Å². The summed E-state index contributed by atoms with van der Waals surface area (Å²) in [5.74, 6) is -0.151. The molecule has 100 valence electrons. The maximum Gasteiger partial charge on any atom is 0.320 e. The van der Waals surface area contributed by atoms with Crippen molar-refractivity contribution in [2.75, 3.05) is 6.54 Å². The summed E-state index contributed by atoms with van der Waals surface area (Å²) in [6.45, 7) is 10.7. The molecule has 0 heterocycles. The van der Waals surface area contributed by atoms with Gasteiger partial charge in [-0.15, -0.1) is 0 Å². The van der Waals surface area contributed by atoms with E-state index in [4.69, 9.17) is 4.74 Å². The monoisotopic (exact) mass is 241 g/mol. The molecule has 17 heavy (non-hydrogen) atoms. The van der Waals surface area contributed by atoms with Gasteiger partial charge in [0.2, 0.25) is 0 Å². The zero-order valence-corrected chi connectivity index (χ0v) is 11.9. The molecule has 3 heteroatoms. The molecule has 0 bridgehead atoms. The Labute approximate surface area is 105 Å². The van der Waals surface area contributed by atoms with Gasteiger partial charge in [-0.3, -0.25) is 4.79 Å². The van der Waals surface area contributed by atoms with Gasteiger partial charge in [0.1, 0.15) is 5.60 Å². The van der Waals surface area contributed by atoms with E-state index in [1.54, 1.807) is 0 Å². The van der Waals surface area contributed by atoms with E-state index < -0.39 is 0 Å². The number of ether oxygens (including phenoxy) is 1. The molecule has 0 unspecified atom stereocenters. The van der Waals surface area contributed by atoms with Crippen LogP contribution < -0.4 is 5.32 Å². The number of carbonyl (C=O) groups is 1. The summed E-state index contributed by atoms with van der Waals surface area (Å²) < 4.78 is 5.27. The highest BCUT2D eigenvalue weighted by Crippen LogP contribution is 2.34. The van der Waals surface area contributed by atoms with Gasteiger partial charge in [0.15, 0.2) is 0 Å². The van der Waals surface area contributed by atoms with E-state index in [0.717, 1.165) is 12.8 Å². The third-order valence-corrected chi connectivity index (χ3v) is 3.29. The third-order valence-electron chi connectivity index (χ3n) is 3.29. The standard InChI is InChI=1S/C14H27NO2/c1-13(2,3)17-12(16)10-15-11-6-8-14(4,5)9-7-11/h11,15H,6-10H2,1-5H3. The molecule has 0 amide bonds. The fourth-order valence-corrected chi connectivity index (χ4v) is 2.21. The van der Waals surface area contributed by atoms with Gasteiger partial charge in [-0.25, -0.2) is 0 Å². The largest absolute Gasteiger partial charge is 0.459 e. The first-order valence-corrected chi connectivity index (χ1v) is 6.63. The molecular weight excluding hydrogens is 214 g/mol. The van der Waals surface area contributed by atoms with Crippen LogP contribution in [0.3, 0.4) is 0 Å². The van der Waals surface area contributed by atoms with Gasteiger partial charge in [0, 0.05) is 6.04 Å². The van der Waals surface area contributed by atoms with Crippen LogP contribution in [0.15, 0.2) is 0 Å². The van der Waals surface area contributed by atoms with E-state index in [9.17, 15) is 4.79 Å². The van der Waals surface area contributed by atoms with E-state index >= 15 is 0 Å². The van der Waals surface area contributed by atoms with E-state index in [1.807, 2.05) is 20.8 Å². The first kappa shape index (κ1) is 14.5. The molecule has 0 aliphatic heterocycles. The lowest BCUT2D eigenvalue weighted by Gasteiger charge is -2.34. The Hall–Kier alpha value is -0.570. The van der Waals surface area contributed by atoms with Crippen LogP contribution in [0, 0.1) is 5.41 Å². The van der Waals surface area contributed by atoms with Crippen LogP contribution in [-0.2, 0) is 9.53 Å². The van der Waals surface area contributed by atoms with Crippen LogP contribution in [0.1, 0.15) is 60.3 Å². The Kier molecular flexibility index (Phi) is 4.59. The van der Waals surface area contributed by atoms with Gasteiger partial charge in [-0.2, -0.15) is 0 Å². The summed E-state index contributed by atoms with van der Waals surface area (Å²) in [6.07, 6.45) is 4.80. The topological polar surface area (TPSA) is 38.3 Å². The molecule has 1 rings (SSSR count). The molecule has 1 aliphatic carbocycles. The molecular formula is C14H27NO2. The van der Waals surface area contributed by atoms with Crippen LogP contribution in [-0.4, -0.2) is 24.2 Å². The second kappa shape index (κ2) is 5.38. The summed E-state index contributed by atoms with van der Waals surface area (Å²) in [5, 5.41) is 3.31. The molecule has 0 radical (unpaired) electrons. The van der Waals surface area contributed by atoms with E-state index in [-0.39, 0.29) is 11.6 Å². The number of hydrogen-bond donors (Lipinski definition) is 1. The fraction of sp³-hybridized carbons (Fsp3) is 0.929. The van der Waals surface area contributed by atoms with Gasteiger partial charge < -0.3 is 10.1 Å². The molecule has 3 nitrogen and oxygen atoms in total. The zero-order valence-electron chi connectivity index (χ0n) is 11.9. The van der Waals surface area contributed by atoms with Gasteiger partial charge >= 0.3 is 5.97 Å². The summed E-state index contributed by atoms with van der Waals surface area (Å²) in [4.78, 5) is 11.5. The van der Waals surface area contributed by atoms with Crippen molar-refractivity contribution in [1.82, 2.24) is 5.32 Å². The number of rotatable bonds is 3. The van der Waals surface area contributed by atoms with Crippen molar-refractivity contribution in [3.8, 4) is 0 Å². The van der Waals surface area contributed by atoms with Crippen molar-refractivity contribution in [1.29, 1.82) is 0 Å². The maximum atomic E-state index is 11.5. The molecule has 0 saturated heterocycles. The number of esters is 1. The maximum absolute atomic E-state index is 11.5. The van der Waals surface area contributed by atoms with Gasteiger partial charge in [-0.05, 0) is 51.9 Å². The Balaban J connectivity index is 2.22. The van der Waals surface area contributed by atoms with Crippen LogP contribution in [0.5, 0.6) is 0 Å². The molecule has 1 fully saturated rings. The second-order valence-corrected chi connectivity index (χ2v) is 6.91. The predicted molar refractivity (Wildman–Crippen MR) is 69.9 cm³/mol. The minimum Gasteiger partial charge on any atom is -0.459 e. The van der Waals surface area contributed by atoms with E-state index in [2.05, 4.69) is 19.2 Å². The van der Waals surface area contributed by atoms with E-state index in [1.165, 1.54) is 12.8 Å². The Morgan fingerprint density at radius 3 is 2.29 bits per heavy atom. The number of carbonyl (C=O) groups excluding carboxylic acids is 1. The molecule has 0 aromatic carbocycles. The summed E-state index contributed by atoms with van der Waals surface area (Å²) in [5.41, 5.74) is 0.0947. The minimum atomic E-state index is -0.382. The highest BCUT2D eigenvalue weighted by Gasteiger charge is 2.27. The van der Waals surface area contributed by atoms with Crippen molar-refractivity contribution in [3.05, 3.63) is 0 Å². The fourth-order valence-electron chi connectivity index (χ4n) is 2.21. The average molecular weight is 241 g/mol. The van der Waals surface area contributed by atoms with Crippen LogP contribution in [0.4, 0.5) is 0 Å². The zero-order chi connectivity index (χ0) is 13.1. The summed E-state index contributed by atoms with van der Waals surface area (Å²) in [7, 11) is 0. The Morgan fingerprint density at radius 1 is 1.29 bits per heavy atom. The molecule has 1 saturated carbocycles. The third kappa shape index (κ3) is 6.06. The predicted octanol–water partition coefficient (Wildman–Crippen LogP) is 2.89. The van der Waals surface area contributed by atoms with Crippen molar-refractivity contribution in [3.63, 3.8) is 0 Å².